The Hall–Kier alpha value is -2.44. The van der Waals surface area contributed by atoms with Crippen LogP contribution in [0.15, 0.2) is 36.4 Å². The van der Waals surface area contributed by atoms with E-state index in [9.17, 15) is 4.79 Å². The van der Waals surface area contributed by atoms with E-state index in [0.29, 0.717) is 12.5 Å². The number of benzene rings is 2. The molecule has 2 aromatic carbocycles. The molecule has 5 rings (SSSR count). The van der Waals surface area contributed by atoms with E-state index >= 15 is 0 Å². The van der Waals surface area contributed by atoms with Crippen molar-refractivity contribution in [2.24, 2.45) is 0 Å². The second kappa shape index (κ2) is 7.76. The molecule has 2 aliphatic heterocycles. The van der Waals surface area contributed by atoms with Gasteiger partial charge in [0.05, 0.1) is 27.9 Å². The summed E-state index contributed by atoms with van der Waals surface area (Å²) in [5.74, 6) is 1.37. The van der Waals surface area contributed by atoms with Crippen molar-refractivity contribution in [2.45, 2.75) is 38.1 Å². The van der Waals surface area contributed by atoms with Crippen LogP contribution in [0, 0.1) is 6.92 Å². The Morgan fingerprint density at radius 2 is 2.03 bits per heavy atom. The fourth-order valence-corrected chi connectivity index (χ4v) is 5.47. The molecule has 1 unspecified atom stereocenters. The Morgan fingerprint density at radius 1 is 1.21 bits per heavy atom. The molecule has 1 atom stereocenters. The van der Waals surface area contributed by atoms with Crippen LogP contribution in [0.4, 0.5) is 0 Å². The van der Waals surface area contributed by atoms with Gasteiger partial charge in [-0.15, -0.1) is 11.3 Å². The summed E-state index contributed by atoms with van der Waals surface area (Å²) in [6.45, 7) is 4.73. The molecule has 2 aliphatic rings. The number of piperidine rings is 1. The van der Waals surface area contributed by atoms with Crippen molar-refractivity contribution in [3.63, 3.8) is 0 Å². The number of nitrogens with one attached hydrogen (secondary N) is 2. The molecule has 0 radical (unpaired) electrons. The zero-order valence-electron chi connectivity index (χ0n) is 16.5. The minimum Gasteiger partial charge on any atom is -0.493 e. The van der Waals surface area contributed by atoms with Crippen LogP contribution in [0.5, 0.6) is 5.75 Å². The molecule has 0 aliphatic carbocycles. The molecule has 2 N–H and O–H groups in total. The third-order valence-corrected chi connectivity index (χ3v) is 7.13. The average molecular weight is 408 g/mol. The second-order valence-electron chi connectivity index (χ2n) is 7.91. The van der Waals surface area contributed by atoms with Gasteiger partial charge in [0.2, 0.25) is 0 Å². The van der Waals surface area contributed by atoms with Gasteiger partial charge in [0.15, 0.2) is 0 Å². The number of carbonyl (C=O) groups is 1. The van der Waals surface area contributed by atoms with Gasteiger partial charge in [-0.05, 0) is 56.6 Å². The topological polar surface area (TPSA) is 63.2 Å². The summed E-state index contributed by atoms with van der Waals surface area (Å²) >= 11 is 1.74. The smallest absolute Gasteiger partial charge is 0.252 e. The first kappa shape index (κ1) is 18.6. The number of ether oxygens (including phenoxy) is 1. The molecule has 0 saturated carbocycles. The summed E-state index contributed by atoms with van der Waals surface area (Å²) in [4.78, 5) is 18.0. The first-order valence-corrected chi connectivity index (χ1v) is 11.1. The van der Waals surface area contributed by atoms with Crippen molar-refractivity contribution in [2.75, 3.05) is 19.7 Å². The largest absolute Gasteiger partial charge is 0.493 e. The lowest BCUT2D eigenvalue weighted by Crippen LogP contribution is -2.32. The monoisotopic (exact) mass is 407 g/mol. The summed E-state index contributed by atoms with van der Waals surface area (Å²) in [5.41, 5.74) is 3.77. The molecule has 0 bridgehead atoms. The summed E-state index contributed by atoms with van der Waals surface area (Å²) in [6.07, 6.45) is 3.05. The van der Waals surface area contributed by atoms with Gasteiger partial charge in [-0.25, -0.2) is 4.98 Å². The fourth-order valence-electron chi connectivity index (χ4n) is 4.31. The summed E-state index contributed by atoms with van der Waals surface area (Å²) in [5, 5.41) is 7.84. The van der Waals surface area contributed by atoms with Crippen molar-refractivity contribution in [1.82, 2.24) is 15.6 Å². The Bertz CT molecular complexity index is 1060. The highest BCUT2D eigenvalue weighted by Crippen LogP contribution is 2.35. The van der Waals surface area contributed by atoms with E-state index in [2.05, 4.69) is 16.7 Å². The number of fused-ring (bicyclic) bond motifs is 2. The molecular weight excluding hydrogens is 382 g/mol. The maximum Gasteiger partial charge on any atom is 0.252 e. The zero-order valence-corrected chi connectivity index (χ0v) is 17.3. The van der Waals surface area contributed by atoms with Crippen LogP contribution in [0.1, 0.15) is 57.7 Å². The first-order chi connectivity index (χ1) is 14.2. The van der Waals surface area contributed by atoms with Gasteiger partial charge in [0.1, 0.15) is 5.75 Å². The van der Waals surface area contributed by atoms with E-state index < -0.39 is 0 Å². The third kappa shape index (κ3) is 3.63. The molecular formula is C23H25N3O2S. The maximum atomic E-state index is 13.1. The lowest BCUT2D eigenvalue weighted by molar-refractivity contribution is 0.0924. The van der Waals surface area contributed by atoms with E-state index in [1.54, 1.807) is 11.3 Å². The van der Waals surface area contributed by atoms with Crippen LogP contribution in [-0.4, -0.2) is 30.6 Å². The van der Waals surface area contributed by atoms with Gasteiger partial charge in [-0.3, -0.25) is 4.79 Å². The molecule has 1 amide bonds. The van der Waals surface area contributed by atoms with Crippen molar-refractivity contribution in [3.8, 4) is 5.75 Å². The molecule has 3 heterocycles. The minimum atomic E-state index is -0.0251. The van der Waals surface area contributed by atoms with Gasteiger partial charge >= 0.3 is 0 Å². The minimum absolute atomic E-state index is 0.0192. The van der Waals surface area contributed by atoms with Crippen molar-refractivity contribution >= 4 is 27.5 Å². The molecule has 1 fully saturated rings. The molecule has 0 spiro atoms. The van der Waals surface area contributed by atoms with Gasteiger partial charge in [0.25, 0.3) is 5.91 Å². The van der Waals surface area contributed by atoms with Crippen molar-refractivity contribution in [1.29, 1.82) is 0 Å². The number of aromatic nitrogens is 1. The number of carbonyl (C=O) groups excluding carboxylic acids is 1. The Labute approximate surface area is 174 Å². The highest BCUT2D eigenvalue weighted by Gasteiger charge is 2.25. The van der Waals surface area contributed by atoms with Crippen LogP contribution in [0.25, 0.3) is 10.2 Å². The summed E-state index contributed by atoms with van der Waals surface area (Å²) < 4.78 is 6.82. The number of nitrogens with zero attached hydrogens (tertiary/aromatic N) is 1. The van der Waals surface area contributed by atoms with E-state index in [1.165, 1.54) is 5.01 Å². The first-order valence-electron chi connectivity index (χ1n) is 10.3. The highest BCUT2D eigenvalue weighted by atomic mass is 32.1. The SMILES string of the molecule is Cc1cc2nc(C3CCNCC3)sc2cc1C(=O)NC1CCOc2ccccc21. The van der Waals surface area contributed by atoms with Gasteiger partial charge in [-0.2, -0.15) is 0 Å². The standard InChI is InChI=1S/C23H25N3O2S/c1-14-12-19-21(29-23(26-19)15-6-9-24-10-7-15)13-17(14)22(27)25-18-8-11-28-20-5-3-2-4-16(18)20/h2-5,12-13,15,18,24H,6-11H2,1H3,(H,25,27). The Morgan fingerprint density at radius 3 is 2.90 bits per heavy atom. The predicted octanol–water partition coefficient (Wildman–Crippen LogP) is 4.33. The molecule has 1 aromatic heterocycles. The van der Waals surface area contributed by atoms with Crippen LogP contribution < -0.4 is 15.4 Å². The highest BCUT2D eigenvalue weighted by molar-refractivity contribution is 7.18. The maximum absolute atomic E-state index is 13.1. The van der Waals surface area contributed by atoms with Crippen molar-refractivity contribution < 1.29 is 9.53 Å². The van der Waals surface area contributed by atoms with E-state index in [0.717, 1.165) is 65.0 Å². The van der Waals surface area contributed by atoms with E-state index in [1.807, 2.05) is 37.3 Å². The molecule has 1 saturated heterocycles. The normalized spacial score (nSPS) is 19.6. The number of hydrogen-bond acceptors (Lipinski definition) is 5. The van der Waals surface area contributed by atoms with Crippen LogP contribution in [-0.2, 0) is 0 Å². The third-order valence-electron chi connectivity index (χ3n) is 5.95. The average Bonchev–Trinajstić information content (AvgIpc) is 3.17. The van der Waals surface area contributed by atoms with Gasteiger partial charge in [0, 0.05) is 23.5 Å². The number of hydrogen-bond donors (Lipinski definition) is 2. The van der Waals surface area contributed by atoms with E-state index in [-0.39, 0.29) is 11.9 Å². The molecule has 6 heteroatoms. The van der Waals surface area contributed by atoms with Crippen LogP contribution in [0.3, 0.4) is 0 Å². The molecule has 3 aromatic rings. The molecule has 5 nitrogen and oxygen atoms in total. The number of amides is 1. The summed E-state index contributed by atoms with van der Waals surface area (Å²) in [7, 11) is 0. The van der Waals surface area contributed by atoms with E-state index in [4.69, 9.17) is 9.72 Å². The summed E-state index contributed by atoms with van der Waals surface area (Å²) in [6, 6.07) is 12.0. The number of rotatable bonds is 3. The lowest BCUT2D eigenvalue weighted by atomic mass is 9.99. The Kier molecular flexibility index (Phi) is 4.97. The predicted molar refractivity (Wildman–Crippen MR) is 116 cm³/mol. The zero-order chi connectivity index (χ0) is 19.8. The Balaban J connectivity index is 1.41. The second-order valence-corrected chi connectivity index (χ2v) is 8.97. The van der Waals surface area contributed by atoms with Crippen LogP contribution in [0.2, 0.25) is 0 Å². The fraction of sp³-hybridized carbons (Fsp3) is 0.391. The van der Waals surface area contributed by atoms with Gasteiger partial charge < -0.3 is 15.4 Å². The quantitative estimate of drug-likeness (QED) is 0.679. The molecule has 150 valence electrons. The number of para-hydroxylation sites is 1. The lowest BCUT2D eigenvalue weighted by Gasteiger charge is -2.26. The number of thiazole rings is 1. The molecule has 29 heavy (non-hydrogen) atoms. The van der Waals surface area contributed by atoms with Crippen LogP contribution >= 0.6 is 11.3 Å². The number of aryl methyl sites for hydroxylation is 1. The van der Waals surface area contributed by atoms with Crippen molar-refractivity contribution in [3.05, 3.63) is 58.1 Å². The van der Waals surface area contributed by atoms with Gasteiger partial charge in [-0.1, -0.05) is 18.2 Å².